The Kier molecular flexibility index (Phi) is 4.50. The summed E-state index contributed by atoms with van der Waals surface area (Å²) in [6.45, 7) is 0.348. The van der Waals surface area contributed by atoms with E-state index in [4.69, 9.17) is 17.0 Å². The highest BCUT2D eigenvalue weighted by molar-refractivity contribution is 7.73. The summed E-state index contributed by atoms with van der Waals surface area (Å²) in [7, 11) is 0. The summed E-state index contributed by atoms with van der Waals surface area (Å²) in [4.78, 5) is 15.0. The number of ether oxygens (including phenoxy) is 1. The van der Waals surface area contributed by atoms with E-state index >= 15 is 0 Å². The Bertz CT molecular complexity index is 840. The standard InChI is InChI=1S/C16H14N2O2S2/c19-15(8-9-20-12-4-2-1-3-5-12)17-11-6-7-13-14(10-11)22-16(21)18-13/h1-7,10H,8-9H2,(H,17,19)(H,18,21). The largest absolute Gasteiger partial charge is 0.493 e. The van der Waals surface area contributed by atoms with E-state index in [1.54, 1.807) is 0 Å². The molecular formula is C16H14N2O2S2. The molecule has 0 saturated carbocycles. The van der Waals surface area contributed by atoms with E-state index in [1.165, 1.54) is 11.3 Å². The van der Waals surface area contributed by atoms with Gasteiger partial charge in [0.2, 0.25) is 5.91 Å². The van der Waals surface area contributed by atoms with E-state index < -0.39 is 0 Å². The molecule has 22 heavy (non-hydrogen) atoms. The van der Waals surface area contributed by atoms with Gasteiger partial charge in [0.15, 0.2) is 3.95 Å². The molecule has 112 valence electrons. The maximum atomic E-state index is 11.9. The summed E-state index contributed by atoms with van der Waals surface area (Å²) < 4.78 is 7.27. The first-order chi connectivity index (χ1) is 10.7. The SMILES string of the molecule is O=C(CCOc1ccccc1)Nc1ccc2[nH]c(=S)sc2c1. The summed E-state index contributed by atoms with van der Waals surface area (Å²) in [6.07, 6.45) is 0.301. The Morgan fingerprint density at radius 2 is 2.05 bits per heavy atom. The smallest absolute Gasteiger partial charge is 0.227 e. The van der Waals surface area contributed by atoms with Gasteiger partial charge in [-0.1, -0.05) is 18.2 Å². The maximum absolute atomic E-state index is 11.9. The van der Waals surface area contributed by atoms with Crippen molar-refractivity contribution >= 4 is 45.4 Å². The van der Waals surface area contributed by atoms with Crippen LogP contribution in [0.1, 0.15) is 6.42 Å². The van der Waals surface area contributed by atoms with Crippen LogP contribution in [-0.4, -0.2) is 17.5 Å². The first kappa shape index (κ1) is 14.7. The molecule has 0 unspecified atom stereocenters. The molecular weight excluding hydrogens is 316 g/mol. The van der Waals surface area contributed by atoms with Crippen molar-refractivity contribution < 1.29 is 9.53 Å². The summed E-state index contributed by atoms with van der Waals surface area (Å²) in [5, 5.41) is 2.87. The van der Waals surface area contributed by atoms with Crippen LogP contribution in [0.25, 0.3) is 10.2 Å². The number of nitrogens with one attached hydrogen (secondary N) is 2. The molecule has 0 aliphatic heterocycles. The molecule has 0 fully saturated rings. The number of amides is 1. The number of aromatic nitrogens is 1. The van der Waals surface area contributed by atoms with E-state index in [0.717, 1.165) is 25.6 Å². The zero-order valence-corrected chi connectivity index (χ0v) is 13.3. The molecule has 1 heterocycles. The van der Waals surface area contributed by atoms with E-state index in [0.29, 0.717) is 13.0 Å². The van der Waals surface area contributed by atoms with Crippen molar-refractivity contribution in [3.05, 3.63) is 52.5 Å². The van der Waals surface area contributed by atoms with Crippen molar-refractivity contribution in [2.24, 2.45) is 0 Å². The van der Waals surface area contributed by atoms with Gasteiger partial charge in [-0.05, 0) is 42.5 Å². The summed E-state index contributed by atoms with van der Waals surface area (Å²) in [5.74, 6) is 0.693. The predicted octanol–water partition coefficient (Wildman–Crippen LogP) is 4.37. The van der Waals surface area contributed by atoms with Crippen molar-refractivity contribution in [1.82, 2.24) is 4.98 Å². The number of hydrogen-bond acceptors (Lipinski definition) is 4. The van der Waals surface area contributed by atoms with E-state index in [1.807, 2.05) is 48.5 Å². The van der Waals surface area contributed by atoms with Gasteiger partial charge in [0.25, 0.3) is 0 Å². The van der Waals surface area contributed by atoms with Crippen LogP contribution in [0.15, 0.2) is 48.5 Å². The predicted molar refractivity (Wildman–Crippen MR) is 92.2 cm³/mol. The van der Waals surface area contributed by atoms with Crippen LogP contribution in [0.2, 0.25) is 0 Å². The summed E-state index contributed by atoms with van der Waals surface area (Å²) in [6, 6.07) is 15.1. The molecule has 0 aliphatic rings. The van der Waals surface area contributed by atoms with Gasteiger partial charge in [-0.3, -0.25) is 4.79 Å². The highest BCUT2D eigenvalue weighted by Crippen LogP contribution is 2.23. The molecule has 2 N–H and O–H groups in total. The molecule has 0 atom stereocenters. The van der Waals surface area contributed by atoms with Crippen molar-refractivity contribution in [3.8, 4) is 5.75 Å². The molecule has 0 aliphatic carbocycles. The van der Waals surface area contributed by atoms with Gasteiger partial charge in [-0.25, -0.2) is 0 Å². The number of rotatable bonds is 5. The van der Waals surface area contributed by atoms with Crippen LogP contribution in [0.4, 0.5) is 5.69 Å². The third-order valence-corrected chi connectivity index (χ3v) is 4.24. The molecule has 0 spiro atoms. The minimum Gasteiger partial charge on any atom is -0.493 e. The number of anilines is 1. The number of para-hydroxylation sites is 1. The fourth-order valence-corrected chi connectivity index (χ4v) is 3.18. The van der Waals surface area contributed by atoms with Crippen molar-refractivity contribution in [1.29, 1.82) is 0 Å². The number of benzene rings is 2. The lowest BCUT2D eigenvalue weighted by atomic mass is 10.3. The second kappa shape index (κ2) is 6.72. The number of thiazole rings is 1. The average Bonchev–Trinajstić information content (AvgIpc) is 2.87. The van der Waals surface area contributed by atoms with Gasteiger partial charge >= 0.3 is 0 Å². The average molecular weight is 330 g/mol. The second-order valence-corrected chi connectivity index (χ2v) is 6.40. The third-order valence-electron chi connectivity index (χ3n) is 3.05. The highest BCUT2D eigenvalue weighted by atomic mass is 32.1. The fourth-order valence-electron chi connectivity index (χ4n) is 2.02. The van der Waals surface area contributed by atoms with Crippen molar-refractivity contribution in [2.45, 2.75) is 6.42 Å². The Labute approximate surface area is 136 Å². The highest BCUT2D eigenvalue weighted by Gasteiger charge is 2.05. The Morgan fingerprint density at radius 1 is 1.23 bits per heavy atom. The van der Waals surface area contributed by atoms with Gasteiger partial charge in [0, 0.05) is 5.69 Å². The Hall–Kier alpha value is -2.18. The zero-order valence-electron chi connectivity index (χ0n) is 11.7. The van der Waals surface area contributed by atoms with E-state index in [2.05, 4.69) is 10.3 Å². The molecule has 2 aromatic carbocycles. The molecule has 4 nitrogen and oxygen atoms in total. The Balaban J connectivity index is 1.55. The number of fused-ring (bicyclic) bond motifs is 1. The van der Waals surface area contributed by atoms with Crippen LogP contribution in [0, 0.1) is 3.95 Å². The van der Waals surface area contributed by atoms with Crippen LogP contribution >= 0.6 is 23.6 Å². The molecule has 3 aromatic rings. The van der Waals surface area contributed by atoms with Crippen LogP contribution in [0.5, 0.6) is 5.75 Å². The quantitative estimate of drug-likeness (QED) is 0.683. The molecule has 0 saturated heterocycles. The monoisotopic (exact) mass is 330 g/mol. The lowest BCUT2D eigenvalue weighted by Gasteiger charge is -2.07. The van der Waals surface area contributed by atoms with Crippen LogP contribution in [0.3, 0.4) is 0 Å². The number of H-pyrrole nitrogens is 1. The minimum atomic E-state index is -0.0746. The van der Waals surface area contributed by atoms with Gasteiger partial charge in [0.05, 0.1) is 23.2 Å². The normalized spacial score (nSPS) is 10.5. The fraction of sp³-hybridized carbons (Fsp3) is 0.125. The molecule has 0 radical (unpaired) electrons. The third kappa shape index (κ3) is 3.72. The molecule has 1 aromatic heterocycles. The van der Waals surface area contributed by atoms with E-state index in [-0.39, 0.29) is 5.91 Å². The molecule has 0 bridgehead atoms. The number of aromatic amines is 1. The minimum absolute atomic E-state index is 0.0746. The van der Waals surface area contributed by atoms with E-state index in [9.17, 15) is 4.79 Å². The first-order valence-corrected chi connectivity index (χ1v) is 8.04. The number of carbonyl (C=O) groups is 1. The van der Waals surface area contributed by atoms with Crippen LogP contribution in [-0.2, 0) is 4.79 Å². The lowest BCUT2D eigenvalue weighted by molar-refractivity contribution is -0.116. The topological polar surface area (TPSA) is 54.1 Å². The Morgan fingerprint density at radius 3 is 2.86 bits per heavy atom. The summed E-state index contributed by atoms with van der Waals surface area (Å²) >= 11 is 6.60. The van der Waals surface area contributed by atoms with Gasteiger partial charge in [-0.2, -0.15) is 0 Å². The van der Waals surface area contributed by atoms with Crippen molar-refractivity contribution in [2.75, 3.05) is 11.9 Å². The lowest BCUT2D eigenvalue weighted by Crippen LogP contribution is -2.15. The molecule has 6 heteroatoms. The number of carbonyl (C=O) groups excluding carboxylic acids is 1. The van der Waals surface area contributed by atoms with Crippen molar-refractivity contribution in [3.63, 3.8) is 0 Å². The molecule has 1 amide bonds. The van der Waals surface area contributed by atoms with Gasteiger partial charge in [-0.15, -0.1) is 11.3 Å². The first-order valence-electron chi connectivity index (χ1n) is 6.81. The second-order valence-electron chi connectivity index (χ2n) is 4.69. The van der Waals surface area contributed by atoms with Crippen LogP contribution < -0.4 is 10.1 Å². The van der Waals surface area contributed by atoms with Gasteiger partial charge < -0.3 is 15.0 Å². The maximum Gasteiger partial charge on any atom is 0.227 e. The zero-order chi connectivity index (χ0) is 15.4. The van der Waals surface area contributed by atoms with Gasteiger partial charge in [0.1, 0.15) is 5.75 Å². The summed E-state index contributed by atoms with van der Waals surface area (Å²) in [5.41, 5.74) is 1.75. The number of hydrogen-bond donors (Lipinski definition) is 2. The molecule has 3 rings (SSSR count).